The van der Waals surface area contributed by atoms with Gasteiger partial charge in [0, 0.05) is 0 Å². The van der Waals surface area contributed by atoms with Crippen molar-refractivity contribution >= 4 is 7.85 Å². The van der Waals surface area contributed by atoms with Gasteiger partial charge in [-0.05, 0) is 11.9 Å². The average molecular weight is 82.9 g/mol. The molecular formula is C4H10BN. The van der Waals surface area contributed by atoms with Gasteiger partial charge in [-0.2, -0.15) is 0 Å². The number of rotatable bonds is 1. The van der Waals surface area contributed by atoms with Crippen LogP contribution in [0.4, 0.5) is 0 Å². The van der Waals surface area contributed by atoms with Crippen LogP contribution in [0.2, 0.25) is 0 Å². The largest absolute Gasteiger partial charge is 0.333 e. The second-order valence-corrected chi connectivity index (χ2v) is 1.86. The lowest BCUT2D eigenvalue weighted by molar-refractivity contribution is 0.636. The Balaban J connectivity index is 3.17. The van der Waals surface area contributed by atoms with Gasteiger partial charge in [-0.25, -0.2) is 0 Å². The fraction of sp³-hybridized carbons (Fsp3) is 1.00. The molecule has 0 fully saturated rings. The van der Waals surface area contributed by atoms with Gasteiger partial charge < -0.3 is 5.73 Å². The van der Waals surface area contributed by atoms with Gasteiger partial charge in [0.1, 0.15) is 0 Å². The fourth-order valence-electron chi connectivity index (χ4n) is 0. The van der Waals surface area contributed by atoms with Crippen molar-refractivity contribution in [2.75, 3.05) is 0 Å². The molecule has 0 aromatic carbocycles. The first kappa shape index (κ1) is 6.02. The van der Waals surface area contributed by atoms with Crippen molar-refractivity contribution < 1.29 is 0 Å². The highest BCUT2D eigenvalue weighted by Crippen LogP contribution is 1.94. The van der Waals surface area contributed by atoms with E-state index < -0.39 is 5.44 Å². The standard InChI is InChI=1S/C4H10BN/c1-3-4(2,5)6/h3,6H2,1-2H3. The molecule has 1 unspecified atom stereocenters. The molecule has 0 spiro atoms. The monoisotopic (exact) mass is 83.1 g/mol. The van der Waals surface area contributed by atoms with Crippen LogP contribution in [0, 0.1) is 0 Å². The average Bonchev–Trinajstić information content (AvgIpc) is 1.35. The Labute approximate surface area is 40.3 Å². The van der Waals surface area contributed by atoms with Crippen molar-refractivity contribution in [3.63, 3.8) is 0 Å². The van der Waals surface area contributed by atoms with E-state index in [1.54, 1.807) is 6.92 Å². The Hall–Kier alpha value is 0.0249. The van der Waals surface area contributed by atoms with Crippen LogP contribution in [0.1, 0.15) is 20.3 Å². The van der Waals surface area contributed by atoms with E-state index in [4.69, 9.17) is 13.6 Å². The molecule has 34 valence electrons. The molecule has 2 radical (unpaired) electrons. The molecule has 1 nitrogen and oxygen atoms in total. The molecule has 0 aliphatic rings. The fourth-order valence-corrected chi connectivity index (χ4v) is 0. The van der Waals surface area contributed by atoms with Crippen LogP contribution < -0.4 is 5.73 Å². The van der Waals surface area contributed by atoms with Crippen molar-refractivity contribution in [1.82, 2.24) is 0 Å². The minimum absolute atomic E-state index is 0.458. The first-order valence-corrected chi connectivity index (χ1v) is 2.14. The normalized spacial score (nSPS) is 19.8. The molecule has 2 heteroatoms. The third-order valence-electron chi connectivity index (χ3n) is 0.762. The van der Waals surface area contributed by atoms with Crippen LogP contribution in [0.5, 0.6) is 0 Å². The van der Waals surface area contributed by atoms with E-state index in [0.29, 0.717) is 0 Å². The van der Waals surface area contributed by atoms with Gasteiger partial charge in [0.2, 0.25) is 0 Å². The van der Waals surface area contributed by atoms with Crippen molar-refractivity contribution in [3.05, 3.63) is 0 Å². The predicted octanol–water partition coefficient (Wildman–Crippen LogP) is 0.240. The first-order valence-electron chi connectivity index (χ1n) is 2.14. The SMILES string of the molecule is [B]C(C)(N)CC. The molecule has 0 aromatic rings. The zero-order valence-electron chi connectivity index (χ0n) is 4.36. The van der Waals surface area contributed by atoms with Gasteiger partial charge in [0.05, 0.1) is 7.85 Å². The Bertz CT molecular complexity index is 37.3. The van der Waals surface area contributed by atoms with E-state index in [1.165, 1.54) is 0 Å². The summed E-state index contributed by atoms with van der Waals surface area (Å²) in [5.41, 5.74) is 4.85. The zero-order chi connectivity index (χ0) is 5.21. The summed E-state index contributed by atoms with van der Waals surface area (Å²) in [6.07, 6.45) is 0.826. The van der Waals surface area contributed by atoms with Crippen LogP contribution >= 0.6 is 0 Å². The van der Waals surface area contributed by atoms with Gasteiger partial charge in [-0.3, -0.25) is 0 Å². The van der Waals surface area contributed by atoms with E-state index in [0.717, 1.165) is 6.42 Å². The third-order valence-corrected chi connectivity index (χ3v) is 0.762. The summed E-state index contributed by atoms with van der Waals surface area (Å²) in [5, 5.41) is 0. The summed E-state index contributed by atoms with van der Waals surface area (Å²) >= 11 is 0. The maximum Gasteiger partial charge on any atom is 0.0946 e. The molecule has 2 N–H and O–H groups in total. The quantitative estimate of drug-likeness (QED) is 0.451. The first-order chi connectivity index (χ1) is 2.56. The number of nitrogens with two attached hydrogens (primary N) is 1. The second-order valence-electron chi connectivity index (χ2n) is 1.86. The van der Waals surface area contributed by atoms with Crippen LogP contribution in [0.25, 0.3) is 0 Å². The Morgan fingerprint density at radius 3 is 2.00 bits per heavy atom. The Morgan fingerprint density at radius 1 is 1.83 bits per heavy atom. The molecule has 1 atom stereocenters. The van der Waals surface area contributed by atoms with Crippen LogP contribution in [0.3, 0.4) is 0 Å². The van der Waals surface area contributed by atoms with E-state index in [2.05, 4.69) is 0 Å². The second kappa shape index (κ2) is 1.65. The lowest BCUT2D eigenvalue weighted by atomic mass is 9.79. The lowest BCUT2D eigenvalue weighted by Gasteiger charge is -2.13. The molecule has 0 bridgehead atoms. The topological polar surface area (TPSA) is 26.0 Å². The van der Waals surface area contributed by atoms with Crippen molar-refractivity contribution in [2.45, 2.75) is 25.7 Å². The van der Waals surface area contributed by atoms with Gasteiger partial charge in [-0.15, -0.1) is 0 Å². The summed E-state index contributed by atoms with van der Waals surface area (Å²) in [4.78, 5) is 0. The molecule has 0 aliphatic heterocycles. The molecule has 0 saturated carbocycles. The van der Waals surface area contributed by atoms with E-state index >= 15 is 0 Å². The summed E-state index contributed by atoms with van der Waals surface area (Å²) in [5.74, 6) is 0. The highest BCUT2D eigenvalue weighted by atomic mass is 14.7. The molecule has 0 saturated heterocycles. The van der Waals surface area contributed by atoms with Crippen molar-refractivity contribution in [2.24, 2.45) is 5.73 Å². The third kappa shape index (κ3) is 4.02. The maximum atomic E-state index is 5.31. The molecule has 0 rings (SSSR count). The minimum atomic E-state index is -0.458. The molecular weight excluding hydrogens is 72.9 g/mol. The Morgan fingerprint density at radius 2 is 2.00 bits per heavy atom. The van der Waals surface area contributed by atoms with E-state index in [9.17, 15) is 0 Å². The van der Waals surface area contributed by atoms with E-state index in [-0.39, 0.29) is 0 Å². The highest BCUT2D eigenvalue weighted by molar-refractivity contribution is 6.14. The predicted molar refractivity (Wildman–Crippen MR) is 28.6 cm³/mol. The van der Waals surface area contributed by atoms with Crippen LogP contribution in [-0.4, -0.2) is 13.3 Å². The van der Waals surface area contributed by atoms with Crippen LogP contribution in [-0.2, 0) is 0 Å². The Kier molecular flexibility index (Phi) is 1.66. The summed E-state index contributed by atoms with van der Waals surface area (Å²) in [6.45, 7) is 3.76. The maximum absolute atomic E-state index is 5.31. The minimum Gasteiger partial charge on any atom is -0.333 e. The molecule has 6 heavy (non-hydrogen) atoms. The lowest BCUT2D eigenvalue weighted by Crippen LogP contribution is -2.35. The van der Waals surface area contributed by atoms with Gasteiger partial charge in [0.15, 0.2) is 0 Å². The van der Waals surface area contributed by atoms with Crippen molar-refractivity contribution in [1.29, 1.82) is 0 Å². The summed E-state index contributed by atoms with van der Waals surface area (Å²) in [7, 11) is 5.31. The molecule has 0 amide bonds. The molecule has 0 heterocycles. The zero-order valence-corrected chi connectivity index (χ0v) is 4.36. The summed E-state index contributed by atoms with van der Waals surface area (Å²) < 4.78 is 0. The van der Waals surface area contributed by atoms with Crippen LogP contribution in [0.15, 0.2) is 0 Å². The number of hydrogen-bond acceptors (Lipinski definition) is 1. The number of hydrogen-bond donors (Lipinski definition) is 1. The molecule has 0 aliphatic carbocycles. The van der Waals surface area contributed by atoms with Crippen molar-refractivity contribution in [3.8, 4) is 0 Å². The van der Waals surface area contributed by atoms with Gasteiger partial charge in [-0.1, -0.05) is 13.8 Å². The molecule has 0 aromatic heterocycles. The van der Waals surface area contributed by atoms with Gasteiger partial charge in [0.25, 0.3) is 0 Å². The summed E-state index contributed by atoms with van der Waals surface area (Å²) in [6, 6.07) is 0. The smallest absolute Gasteiger partial charge is 0.0946 e. The van der Waals surface area contributed by atoms with Gasteiger partial charge >= 0.3 is 0 Å². The van der Waals surface area contributed by atoms with E-state index in [1.807, 2.05) is 6.92 Å². The highest BCUT2D eigenvalue weighted by Gasteiger charge is 2.03.